The van der Waals surface area contributed by atoms with Crippen LogP contribution >= 0.6 is 0 Å². The van der Waals surface area contributed by atoms with E-state index in [1.54, 1.807) is 24.3 Å². The summed E-state index contributed by atoms with van der Waals surface area (Å²) in [6.45, 7) is 2.63. The van der Waals surface area contributed by atoms with Crippen LogP contribution in [0.25, 0.3) is 0 Å². The van der Waals surface area contributed by atoms with Gasteiger partial charge in [-0.05, 0) is 43.5 Å². The van der Waals surface area contributed by atoms with Crippen LogP contribution in [0.5, 0.6) is 5.75 Å². The van der Waals surface area contributed by atoms with E-state index in [1.165, 1.54) is 4.31 Å². The number of sulfonamides is 1. The Morgan fingerprint density at radius 1 is 1.29 bits per heavy atom. The Balaban J connectivity index is 2.16. The maximum absolute atomic E-state index is 12.7. The molecule has 1 aliphatic rings. The summed E-state index contributed by atoms with van der Waals surface area (Å²) < 4.78 is 32.2. The monoisotopic (exact) mass is 313 g/mol. The molecule has 0 bridgehead atoms. The molecule has 0 radical (unpaired) electrons. The van der Waals surface area contributed by atoms with Gasteiger partial charge in [-0.25, -0.2) is 8.42 Å². The molecular formula is C15H23NO4S. The molecule has 1 aromatic rings. The molecule has 0 aromatic heterocycles. The second-order valence-corrected chi connectivity index (χ2v) is 7.13. The fourth-order valence-corrected chi connectivity index (χ4v) is 4.01. The number of rotatable bonds is 8. The Bertz CT molecular complexity index is 537. The van der Waals surface area contributed by atoms with Gasteiger partial charge >= 0.3 is 0 Å². The van der Waals surface area contributed by atoms with Crippen LogP contribution < -0.4 is 4.74 Å². The van der Waals surface area contributed by atoms with Crippen LogP contribution in [0.1, 0.15) is 32.6 Å². The van der Waals surface area contributed by atoms with Crippen LogP contribution in [0.4, 0.5) is 0 Å². The molecule has 2 rings (SSSR count). The zero-order valence-electron chi connectivity index (χ0n) is 12.4. The van der Waals surface area contributed by atoms with Gasteiger partial charge in [0, 0.05) is 12.6 Å². The lowest BCUT2D eigenvalue weighted by Gasteiger charge is -2.36. The van der Waals surface area contributed by atoms with Crippen molar-refractivity contribution >= 4 is 10.0 Å². The number of aliphatic hydroxyl groups excluding tert-OH is 1. The summed E-state index contributed by atoms with van der Waals surface area (Å²) >= 11 is 0. The zero-order chi connectivity index (χ0) is 15.3. The molecule has 1 saturated carbocycles. The summed E-state index contributed by atoms with van der Waals surface area (Å²) in [5, 5.41) is 9.13. The third-order valence-corrected chi connectivity index (χ3v) is 5.67. The van der Waals surface area contributed by atoms with Crippen LogP contribution in [0.3, 0.4) is 0 Å². The summed E-state index contributed by atoms with van der Waals surface area (Å²) in [6.07, 6.45) is 3.70. The Kier molecular flexibility index (Phi) is 5.61. The molecule has 0 unspecified atom stereocenters. The van der Waals surface area contributed by atoms with Crippen LogP contribution in [-0.4, -0.2) is 43.6 Å². The van der Waals surface area contributed by atoms with Gasteiger partial charge in [-0.1, -0.05) is 13.3 Å². The molecular weight excluding hydrogens is 290 g/mol. The smallest absolute Gasteiger partial charge is 0.243 e. The molecule has 0 spiro atoms. The highest BCUT2D eigenvalue weighted by atomic mass is 32.2. The van der Waals surface area contributed by atoms with Crippen molar-refractivity contribution in [1.29, 1.82) is 0 Å². The van der Waals surface area contributed by atoms with E-state index in [9.17, 15) is 8.42 Å². The number of nitrogens with zero attached hydrogens (tertiary/aromatic N) is 1. The van der Waals surface area contributed by atoms with Crippen LogP contribution in [0, 0.1) is 0 Å². The fraction of sp³-hybridized carbons (Fsp3) is 0.600. The average Bonchev–Trinajstić information content (AvgIpc) is 2.43. The summed E-state index contributed by atoms with van der Waals surface area (Å²) in [6, 6.07) is 6.53. The first-order chi connectivity index (χ1) is 10.1. The molecule has 0 heterocycles. The first-order valence-corrected chi connectivity index (χ1v) is 8.89. The van der Waals surface area contributed by atoms with E-state index in [0.717, 1.165) is 25.7 Å². The van der Waals surface area contributed by atoms with Crippen molar-refractivity contribution in [2.24, 2.45) is 0 Å². The van der Waals surface area contributed by atoms with E-state index >= 15 is 0 Å². The van der Waals surface area contributed by atoms with Gasteiger partial charge in [-0.2, -0.15) is 4.31 Å². The highest BCUT2D eigenvalue weighted by Gasteiger charge is 2.34. The number of aliphatic hydroxyl groups is 1. The largest absolute Gasteiger partial charge is 0.494 e. The number of benzene rings is 1. The van der Waals surface area contributed by atoms with Gasteiger partial charge in [0.25, 0.3) is 0 Å². The van der Waals surface area contributed by atoms with Gasteiger partial charge in [0.05, 0.1) is 18.1 Å². The fourth-order valence-electron chi connectivity index (χ4n) is 2.34. The van der Waals surface area contributed by atoms with Gasteiger partial charge in [-0.3, -0.25) is 0 Å². The summed E-state index contributed by atoms with van der Waals surface area (Å²) in [5.41, 5.74) is 0. The maximum atomic E-state index is 12.7. The van der Waals surface area contributed by atoms with E-state index in [0.29, 0.717) is 12.4 Å². The Labute approximate surface area is 126 Å². The SMILES string of the molecule is CCCOc1ccc(S(=O)(=O)N(CCO)C2CCC2)cc1. The van der Waals surface area contributed by atoms with Gasteiger partial charge in [0.15, 0.2) is 0 Å². The third-order valence-electron chi connectivity index (χ3n) is 3.71. The van der Waals surface area contributed by atoms with E-state index in [-0.39, 0.29) is 24.1 Å². The average molecular weight is 313 g/mol. The number of hydrogen-bond acceptors (Lipinski definition) is 4. The first-order valence-electron chi connectivity index (χ1n) is 7.45. The van der Waals surface area contributed by atoms with Crippen molar-refractivity contribution in [2.75, 3.05) is 19.8 Å². The Hall–Kier alpha value is -1.11. The molecule has 5 nitrogen and oxygen atoms in total. The maximum Gasteiger partial charge on any atom is 0.243 e. The standard InChI is InChI=1S/C15H23NO4S/c1-2-12-20-14-6-8-15(9-7-14)21(18,19)16(10-11-17)13-4-3-5-13/h6-9,13,17H,2-5,10-12H2,1H3. The minimum Gasteiger partial charge on any atom is -0.494 e. The highest BCUT2D eigenvalue weighted by molar-refractivity contribution is 7.89. The minimum absolute atomic E-state index is 0.0261. The van der Waals surface area contributed by atoms with Gasteiger partial charge in [-0.15, -0.1) is 0 Å². The van der Waals surface area contributed by atoms with E-state index in [4.69, 9.17) is 9.84 Å². The molecule has 21 heavy (non-hydrogen) atoms. The second-order valence-electron chi connectivity index (χ2n) is 5.24. The highest BCUT2D eigenvalue weighted by Crippen LogP contribution is 2.30. The van der Waals surface area contributed by atoms with E-state index in [2.05, 4.69) is 0 Å². The lowest BCUT2D eigenvalue weighted by atomic mass is 9.93. The van der Waals surface area contributed by atoms with Crippen molar-refractivity contribution in [3.8, 4) is 5.75 Å². The number of hydrogen-bond donors (Lipinski definition) is 1. The Morgan fingerprint density at radius 3 is 2.43 bits per heavy atom. The van der Waals surface area contributed by atoms with E-state index < -0.39 is 10.0 Å². The topological polar surface area (TPSA) is 66.8 Å². The molecule has 6 heteroatoms. The van der Waals surface area contributed by atoms with Crippen LogP contribution in [0.2, 0.25) is 0 Å². The molecule has 118 valence electrons. The Morgan fingerprint density at radius 2 is 1.95 bits per heavy atom. The van der Waals surface area contributed by atoms with Crippen LogP contribution in [0.15, 0.2) is 29.2 Å². The minimum atomic E-state index is -3.54. The summed E-state index contributed by atoms with van der Waals surface area (Å²) in [5.74, 6) is 0.674. The third kappa shape index (κ3) is 3.75. The number of ether oxygens (including phenoxy) is 1. The van der Waals surface area contributed by atoms with Gasteiger partial charge in [0.2, 0.25) is 10.0 Å². The molecule has 0 amide bonds. The second kappa shape index (κ2) is 7.24. The first kappa shape index (κ1) is 16.3. The van der Waals surface area contributed by atoms with Crippen molar-refractivity contribution in [1.82, 2.24) is 4.31 Å². The lowest BCUT2D eigenvalue weighted by molar-refractivity contribution is 0.178. The summed E-state index contributed by atoms with van der Waals surface area (Å²) in [4.78, 5) is 0.256. The van der Waals surface area contributed by atoms with Crippen molar-refractivity contribution < 1.29 is 18.3 Å². The van der Waals surface area contributed by atoms with Crippen molar-refractivity contribution in [3.63, 3.8) is 0 Å². The molecule has 1 N–H and O–H groups in total. The molecule has 0 saturated heterocycles. The molecule has 0 aliphatic heterocycles. The lowest BCUT2D eigenvalue weighted by Crippen LogP contribution is -2.45. The van der Waals surface area contributed by atoms with E-state index in [1.807, 2.05) is 6.92 Å². The van der Waals surface area contributed by atoms with Crippen molar-refractivity contribution in [3.05, 3.63) is 24.3 Å². The normalized spacial score (nSPS) is 16.0. The van der Waals surface area contributed by atoms with Crippen molar-refractivity contribution in [2.45, 2.75) is 43.5 Å². The zero-order valence-corrected chi connectivity index (χ0v) is 13.2. The molecule has 1 fully saturated rings. The molecule has 0 atom stereocenters. The molecule has 1 aliphatic carbocycles. The predicted octanol–water partition coefficient (Wildman–Crippen LogP) is 2.01. The summed E-state index contributed by atoms with van der Waals surface area (Å²) in [7, 11) is -3.54. The predicted molar refractivity (Wildman–Crippen MR) is 80.8 cm³/mol. The van der Waals surface area contributed by atoms with Gasteiger partial charge < -0.3 is 9.84 Å². The van der Waals surface area contributed by atoms with Crippen LogP contribution in [-0.2, 0) is 10.0 Å². The quantitative estimate of drug-likeness (QED) is 0.797. The molecule has 1 aromatic carbocycles. The van der Waals surface area contributed by atoms with Gasteiger partial charge in [0.1, 0.15) is 5.75 Å².